The first-order valence-corrected chi connectivity index (χ1v) is 8.38. The first-order valence-electron chi connectivity index (χ1n) is 7.50. The highest BCUT2D eigenvalue weighted by Crippen LogP contribution is 2.21. The standard InChI is InChI=1S/C16H22N4O2S/c1-10(20-12(3)16(13(4)21)11(2)18-20)8-15(22)19(5)9-14-17-6-7-23-14/h6-7,10H,8-9H2,1-5H3. The first kappa shape index (κ1) is 17.3. The number of thiazole rings is 1. The van der Waals surface area contributed by atoms with Crippen LogP contribution in [-0.2, 0) is 11.3 Å². The van der Waals surface area contributed by atoms with Gasteiger partial charge in [0.25, 0.3) is 0 Å². The Morgan fingerprint density at radius 3 is 2.61 bits per heavy atom. The number of amides is 1. The number of rotatable bonds is 6. The van der Waals surface area contributed by atoms with E-state index >= 15 is 0 Å². The SMILES string of the molecule is CC(=O)c1c(C)nn(C(C)CC(=O)N(C)Cc2nccs2)c1C. The lowest BCUT2D eigenvalue weighted by Gasteiger charge is -2.19. The van der Waals surface area contributed by atoms with Gasteiger partial charge in [-0.05, 0) is 27.7 Å². The number of Topliss-reactive ketones (excluding diaryl/α,β-unsaturated/α-hetero) is 1. The molecule has 0 bridgehead atoms. The normalized spacial score (nSPS) is 12.2. The zero-order chi connectivity index (χ0) is 17.1. The summed E-state index contributed by atoms with van der Waals surface area (Å²) in [6.07, 6.45) is 2.07. The summed E-state index contributed by atoms with van der Waals surface area (Å²) in [7, 11) is 1.78. The Bertz CT molecular complexity index is 706. The van der Waals surface area contributed by atoms with Crippen molar-refractivity contribution in [3.05, 3.63) is 33.5 Å². The second kappa shape index (κ2) is 7.04. The fraction of sp³-hybridized carbons (Fsp3) is 0.500. The van der Waals surface area contributed by atoms with Crippen LogP contribution < -0.4 is 0 Å². The summed E-state index contributed by atoms with van der Waals surface area (Å²) in [4.78, 5) is 29.9. The predicted molar refractivity (Wildman–Crippen MR) is 89.6 cm³/mol. The molecule has 0 spiro atoms. The van der Waals surface area contributed by atoms with Gasteiger partial charge in [0.1, 0.15) is 5.01 Å². The second-order valence-corrected chi connectivity index (χ2v) is 6.75. The molecule has 0 fully saturated rings. The molecule has 2 aromatic heterocycles. The summed E-state index contributed by atoms with van der Waals surface area (Å²) in [6.45, 7) is 7.69. The van der Waals surface area contributed by atoms with Crippen molar-refractivity contribution in [3.63, 3.8) is 0 Å². The Labute approximate surface area is 140 Å². The zero-order valence-corrected chi connectivity index (χ0v) is 15.0. The van der Waals surface area contributed by atoms with Crippen LogP contribution in [0.4, 0.5) is 0 Å². The third-order valence-electron chi connectivity index (χ3n) is 3.85. The zero-order valence-electron chi connectivity index (χ0n) is 14.2. The van der Waals surface area contributed by atoms with Crippen LogP contribution in [-0.4, -0.2) is 38.4 Å². The van der Waals surface area contributed by atoms with Crippen molar-refractivity contribution in [1.82, 2.24) is 19.7 Å². The molecule has 0 saturated heterocycles. The van der Waals surface area contributed by atoms with Crippen LogP contribution in [0, 0.1) is 13.8 Å². The lowest BCUT2D eigenvalue weighted by atomic mass is 10.1. The Balaban J connectivity index is 2.06. The number of hydrogen-bond acceptors (Lipinski definition) is 5. The molecule has 0 aliphatic carbocycles. The van der Waals surface area contributed by atoms with Gasteiger partial charge in [0, 0.05) is 30.7 Å². The molecule has 124 valence electrons. The van der Waals surface area contributed by atoms with E-state index in [-0.39, 0.29) is 17.7 Å². The quantitative estimate of drug-likeness (QED) is 0.762. The molecule has 0 N–H and O–H groups in total. The van der Waals surface area contributed by atoms with Crippen molar-refractivity contribution in [2.45, 2.75) is 46.7 Å². The van der Waals surface area contributed by atoms with Crippen LogP contribution in [0.25, 0.3) is 0 Å². The molecule has 2 heterocycles. The van der Waals surface area contributed by atoms with Gasteiger partial charge in [-0.1, -0.05) is 0 Å². The van der Waals surface area contributed by atoms with Crippen molar-refractivity contribution in [2.24, 2.45) is 0 Å². The maximum Gasteiger partial charge on any atom is 0.224 e. The summed E-state index contributed by atoms with van der Waals surface area (Å²) in [5.74, 6) is 0.0373. The van der Waals surface area contributed by atoms with Gasteiger partial charge in [0.05, 0.1) is 23.8 Å². The van der Waals surface area contributed by atoms with E-state index < -0.39 is 0 Å². The van der Waals surface area contributed by atoms with Crippen LogP contribution in [0.1, 0.15) is 53.1 Å². The Hall–Kier alpha value is -2.02. The summed E-state index contributed by atoms with van der Waals surface area (Å²) in [5, 5.41) is 7.25. The number of aryl methyl sites for hydroxylation is 1. The van der Waals surface area contributed by atoms with Gasteiger partial charge in [0.2, 0.25) is 5.91 Å². The number of nitrogens with zero attached hydrogens (tertiary/aromatic N) is 4. The van der Waals surface area contributed by atoms with Crippen molar-refractivity contribution in [2.75, 3.05) is 7.05 Å². The van der Waals surface area contributed by atoms with Gasteiger partial charge in [-0.15, -0.1) is 11.3 Å². The lowest BCUT2D eigenvalue weighted by molar-refractivity contribution is -0.131. The van der Waals surface area contributed by atoms with Gasteiger partial charge in [-0.3, -0.25) is 14.3 Å². The minimum Gasteiger partial charge on any atom is -0.339 e. The highest BCUT2D eigenvalue weighted by Gasteiger charge is 2.21. The summed E-state index contributed by atoms with van der Waals surface area (Å²) in [5.41, 5.74) is 2.18. The van der Waals surface area contributed by atoms with E-state index in [1.165, 1.54) is 11.3 Å². The number of hydrogen-bond donors (Lipinski definition) is 0. The fourth-order valence-electron chi connectivity index (χ4n) is 2.72. The average molecular weight is 334 g/mol. The number of carbonyl (C=O) groups is 2. The van der Waals surface area contributed by atoms with E-state index in [1.807, 2.05) is 26.2 Å². The molecule has 1 amide bonds. The van der Waals surface area contributed by atoms with Gasteiger partial charge in [-0.25, -0.2) is 4.98 Å². The topological polar surface area (TPSA) is 68.1 Å². The van der Waals surface area contributed by atoms with E-state index in [0.29, 0.717) is 24.2 Å². The van der Waals surface area contributed by atoms with E-state index in [9.17, 15) is 9.59 Å². The molecule has 23 heavy (non-hydrogen) atoms. The van der Waals surface area contributed by atoms with Crippen molar-refractivity contribution >= 4 is 23.0 Å². The van der Waals surface area contributed by atoms with Gasteiger partial charge in [0.15, 0.2) is 5.78 Å². The van der Waals surface area contributed by atoms with Crippen LogP contribution in [0.3, 0.4) is 0 Å². The molecule has 0 radical (unpaired) electrons. The van der Waals surface area contributed by atoms with E-state index in [2.05, 4.69) is 10.1 Å². The molecular formula is C16H22N4O2S. The van der Waals surface area contributed by atoms with Crippen molar-refractivity contribution < 1.29 is 9.59 Å². The maximum absolute atomic E-state index is 12.4. The fourth-order valence-corrected chi connectivity index (χ4v) is 3.39. The van der Waals surface area contributed by atoms with E-state index in [1.54, 1.807) is 29.7 Å². The van der Waals surface area contributed by atoms with Gasteiger partial charge >= 0.3 is 0 Å². The van der Waals surface area contributed by atoms with Crippen molar-refractivity contribution in [3.8, 4) is 0 Å². The Kier molecular flexibility index (Phi) is 5.30. The highest BCUT2D eigenvalue weighted by molar-refractivity contribution is 7.09. The monoisotopic (exact) mass is 334 g/mol. The van der Waals surface area contributed by atoms with E-state index in [4.69, 9.17) is 0 Å². The molecule has 0 aromatic carbocycles. The molecule has 7 heteroatoms. The van der Waals surface area contributed by atoms with Crippen molar-refractivity contribution in [1.29, 1.82) is 0 Å². The molecule has 2 rings (SSSR count). The average Bonchev–Trinajstić information content (AvgIpc) is 3.06. The number of ketones is 1. The molecule has 0 saturated carbocycles. The summed E-state index contributed by atoms with van der Waals surface area (Å²) >= 11 is 1.53. The lowest BCUT2D eigenvalue weighted by Crippen LogP contribution is -2.28. The van der Waals surface area contributed by atoms with Crippen LogP contribution in [0.5, 0.6) is 0 Å². The number of carbonyl (C=O) groups excluding carboxylic acids is 2. The number of aromatic nitrogens is 3. The molecule has 6 nitrogen and oxygen atoms in total. The Morgan fingerprint density at radius 1 is 1.39 bits per heavy atom. The highest BCUT2D eigenvalue weighted by atomic mass is 32.1. The molecule has 1 atom stereocenters. The third kappa shape index (κ3) is 3.85. The van der Waals surface area contributed by atoms with Crippen LogP contribution in [0.15, 0.2) is 11.6 Å². The molecule has 0 aliphatic heterocycles. The molecular weight excluding hydrogens is 312 g/mol. The summed E-state index contributed by atoms with van der Waals surface area (Å²) < 4.78 is 1.78. The van der Waals surface area contributed by atoms with Crippen LogP contribution >= 0.6 is 11.3 Å². The molecule has 2 aromatic rings. The minimum absolute atomic E-state index is 0.00524. The second-order valence-electron chi connectivity index (χ2n) is 5.78. The van der Waals surface area contributed by atoms with E-state index in [0.717, 1.165) is 10.7 Å². The maximum atomic E-state index is 12.4. The summed E-state index contributed by atoms with van der Waals surface area (Å²) in [6, 6.07) is -0.104. The third-order valence-corrected chi connectivity index (χ3v) is 4.61. The minimum atomic E-state index is -0.104. The Morgan fingerprint density at radius 2 is 2.09 bits per heavy atom. The van der Waals surface area contributed by atoms with Crippen LogP contribution in [0.2, 0.25) is 0 Å². The predicted octanol–water partition coefficient (Wildman–Crippen LogP) is 2.77. The molecule has 0 aliphatic rings. The molecule has 1 unspecified atom stereocenters. The first-order chi connectivity index (χ1) is 10.8. The smallest absolute Gasteiger partial charge is 0.224 e. The van der Waals surface area contributed by atoms with Gasteiger partial charge < -0.3 is 4.90 Å². The largest absolute Gasteiger partial charge is 0.339 e. The van der Waals surface area contributed by atoms with Gasteiger partial charge in [-0.2, -0.15) is 5.10 Å².